The monoisotopic (exact) mass is 356 g/mol. The highest BCUT2D eigenvalue weighted by Crippen LogP contribution is 2.39. The van der Waals surface area contributed by atoms with Crippen LogP contribution >= 0.6 is 0 Å². The fraction of sp³-hybridized carbons (Fsp3) is 0.400. The van der Waals surface area contributed by atoms with Gasteiger partial charge in [-0.1, -0.05) is 43.5 Å². The van der Waals surface area contributed by atoms with Crippen molar-refractivity contribution in [1.82, 2.24) is 4.98 Å². The summed E-state index contributed by atoms with van der Waals surface area (Å²) >= 11 is 0. The molecular formula is C25H28N2. The molecule has 1 saturated carbocycles. The Morgan fingerprint density at radius 1 is 0.815 bits per heavy atom. The second kappa shape index (κ2) is 7.34. The number of para-hydroxylation sites is 1. The van der Waals surface area contributed by atoms with E-state index in [1.54, 1.807) is 0 Å². The fourth-order valence-corrected chi connectivity index (χ4v) is 4.94. The van der Waals surface area contributed by atoms with E-state index in [0.717, 1.165) is 24.3 Å². The van der Waals surface area contributed by atoms with Gasteiger partial charge in [-0.15, -0.1) is 0 Å². The first-order valence-electron chi connectivity index (χ1n) is 10.7. The van der Waals surface area contributed by atoms with Crippen LogP contribution in [0.5, 0.6) is 0 Å². The first-order chi connectivity index (χ1) is 13.4. The number of anilines is 2. The Labute approximate surface area is 162 Å². The zero-order chi connectivity index (χ0) is 18.1. The van der Waals surface area contributed by atoms with E-state index in [1.165, 1.54) is 78.5 Å². The molecule has 2 nitrogen and oxygen atoms in total. The van der Waals surface area contributed by atoms with Crippen LogP contribution in [0.1, 0.15) is 67.7 Å². The molecule has 0 atom stereocenters. The predicted molar refractivity (Wildman–Crippen MR) is 114 cm³/mol. The molecule has 0 radical (unpaired) electrons. The molecule has 1 fully saturated rings. The zero-order valence-corrected chi connectivity index (χ0v) is 16.0. The van der Waals surface area contributed by atoms with Crippen molar-refractivity contribution in [3.05, 3.63) is 65.4 Å². The summed E-state index contributed by atoms with van der Waals surface area (Å²) in [5.41, 5.74) is 7.87. The van der Waals surface area contributed by atoms with E-state index in [0.29, 0.717) is 0 Å². The third-order valence-electron chi connectivity index (χ3n) is 6.41. The first-order valence-corrected chi connectivity index (χ1v) is 10.7. The number of fused-ring (bicyclic) bond motifs is 2. The summed E-state index contributed by atoms with van der Waals surface area (Å²) in [5, 5.41) is 5.07. The maximum Gasteiger partial charge on any atom is 0.0726 e. The van der Waals surface area contributed by atoms with Crippen LogP contribution in [0.4, 0.5) is 11.4 Å². The van der Waals surface area contributed by atoms with Crippen LogP contribution in [0.15, 0.2) is 48.5 Å². The van der Waals surface area contributed by atoms with Gasteiger partial charge in [-0.05, 0) is 79.8 Å². The van der Waals surface area contributed by atoms with Crippen LogP contribution in [-0.4, -0.2) is 4.98 Å². The van der Waals surface area contributed by atoms with Gasteiger partial charge in [0.1, 0.15) is 0 Å². The molecule has 2 aromatic carbocycles. The van der Waals surface area contributed by atoms with Crippen LogP contribution in [0.3, 0.4) is 0 Å². The van der Waals surface area contributed by atoms with E-state index >= 15 is 0 Å². The van der Waals surface area contributed by atoms with Gasteiger partial charge in [0, 0.05) is 16.8 Å². The third kappa shape index (κ3) is 3.34. The largest absolute Gasteiger partial charge is 0.355 e. The Kier molecular flexibility index (Phi) is 4.57. The standard InChI is InChI=1S/C25H28N2/c1-3-9-18(10-4-1)19-15-16-24-22(17-19)25(26-20-11-5-2-6-12-20)21-13-7-8-14-23(21)27-24/h2,5-6,11-12,15-18H,1,3-4,7-10,13-14H2,(H,26,27). The van der Waals surface area contributed by atoms with Crippen LogP contribution in [0.25, 0.3) is 10.9 Å². The van der Waals surface area contributed by atoms with Gasteiger partial charge in [0.2, 0.25) is 0 Å². The number of hydrogen-bond donors (Lipinski definition) is 1. The number of aromatic nitrogens is 1. The highest BCUT2D eigenvalue weighted by atomic mass is 14.9. The molecule has 1 heterocycles. The first kappa shape index (κ1) is 16.8. The molecule has 2 aliphatic rings. The summed E-state index contributed by atoms with van der Waals surface area (Å²) in [6.07, 6.45) is 11.6. The molecule has 0 aliphatic heterocycles. The van der Waals surface area contributed by atoms with Gasteiger partial charge in [-0.25, -0.2) is 0 Å². The van der Waals surface area contributed by atoms with Crippen LogP contribution < -0.4 is 5.32 Å². The highest BCUT2D eigenvalue weighted by Gasteiger charge is 2.21. The summed E-state index contributed by atoms with van der Waals surface area (Å²) in [7, 11) is 0. The maximum absolute atomic E-state index is 5.06. The summed E-state index contributed by atoms with van der Waals surface area (Å²) < 4.78 is 0. The lowest BCUT2D eigenvalue weighted by Crippen LogP contribution is -2.10. The van der Waals surface area contributed by atoms with Gasteiger partial charge in [0.15, 0.2) is 0 Å². The Balaban J connectivity index is 1.65. The van der Waals surface area contributed by atoms with Crippen molar-refractivity contribution < 1.29 is 0 Å². The van der Waals surface area contributed by atoms with Crippen molar-refractivity contribution in [2.45, 2.75) is 63.7 Å². The average Bonchev–Trinajstić information content (AvgIpc) is 2.75. The smallest absolute Gasteiger partial charge is 0.0726 e. The minimum atomic E-state index is 0.726. The third-order valence-corrected chi connectivity index (χ3v) is 6.41. The number of aryl methyl sites for hydroxylation is 1. The second-order valence-corrected chi connectivity index (χ2v) is 8.22. The molecule has 5 rings (SSSR count). The lowest BCUT2D eigenvalue weighted by molar-refractivity contribution is 0.444. The Bertz CT molecular complexity index is 939. The Hall–Kier alpha value is -2.35. The summed E-state index contributed by atoms with van der Waals surface area (Å²) in [6.45, 7) is 0. The molecule has 0 bridgehead atoms. The number of nitrogens with one attached hydrogen (secondary N) is 1. The molecule has 0 unspecified atom stereocenters. The maximum atomic E-state index is 5.06. The predicted octanol–water partition coefficient (Wildman–Crippen LogP) is 6.90. The van der Waals surface area contributed by atoms with Crippen molar-refractivity contribution in [2.24, 2.45) is 0 Å². The number of pyridine rings is 1. The number of benzene rings is 2. The molecule has 0 amide bonds. The Morgan fingerprint density at radius 2 is 1.63 bits per heavy atom. The molecular weight excluding hydrogens is 328 g/mol. The van der Waals surface area contributed by atoms with Crippen molar-refractivity contribution in [3.8, 4) is 0 Å². The fourth-order valence-electron chi connectivity index (χ4n) is 4.94. The molecule has 138 valence electrons. The van der Waals surface area contributed by atoms with Gasteiger partial charge in [0.25, 0.3) is 0 Å². The Morgan fingerprint density at radius 3 is 2.48 bits per heavy atom. The van der Waals surface area contributed by atoms with Gasteiger partial charge >= 0.3 is 0 Å². The minimum Gasteiger partial charge on any atom is -0.355 e. The molecule has 1 N–H and O–H groups in total. The molecule has 3 aromatic rings. The molecule has 2 aliphatic carbocycles. The lowest BCUT2D eigenvalue weighted by atomic mass is 9.83. The van der Waals surface area contributed by atoms with E-state index in [-0.39, 0.29) is 0 Å². The van der Waals surface area contributed by atoms with E-state index in [1.807, 2.05) is 0 Å². The zero-order valence-electron chi connectivity index (χ0n) is 16.0. The summed E-state index contributed by atoms with van der Waals surface area (Å²) in [6, 6.07) is 17.7. The van der Waals surface area contributed by atoms with E-state index in [4.69, 9.17) is 4.98 Å². The minimum absolute atomic E-state index is 0.726. The summed E-state index contributed by atoms with van der Waals surface area (Å²) in [4.78, 5) is 5.06. The molecule has 0 spiro atoms. The van der Waals surface area contributed by atoms with E-state index < -0.39 is 0 Å². The normalized spacial score (nSPS) is 17.6. The topological polar surface area (TPSA) is 24.9 Å². The SMILES string of the molecule is c1ccc(Nc2c3c(nc4ccc(C5CCCCC5)cc24)CCCC3)cc1. The number of rotatable bonds is 3. The van der Waals surface area contributed by atoms with Gasteiger partial charge in [0.05, 0.1) is 11.2 Å². The molecule has 2 heteroatoms. The van der Waals surface area contributed by atoms with E-state index in [2.05, 4.69) is 53.8 Å². The van der Waals surface area contributed by atoms with Crippen LogP contribution in [0, 0.1) is 0 Å². The number of nitrogens with zero attached hydrogens (tertiary/aromatic N) is 1. The van der Waals surface area contributed by atoms with Crippen molar-refractivity contribution in [1.29, 1.82) is 0 Å². The molecule has 1 aromatic heterocycles. The summed E-state index contributed by atoms with van der Waals surface area (Å²) in [5.74, 6) is 0.726. The number of hydrogen-bond acceptors (Lipinski definition) is 2. The second-order valence-electron chi connectivity index (χ2n) is 8.22. The highest BCUT2D eigenvalue weighted by molar-refractivity contribution is 5.96. The van der Waals surface area contributed by atoms with Gasteiger partial charge in [-0.3, -0.25) is 4.98 Å². The van der Waals surface area contributed by atoms with Gasteiger partial charge in [-0.2, -0.15) is 0 Å². The lowest BCUT2D eigenvalue weighted by Gasteiger charge is -2.25. The van der Waals surface area contributed by atoms with E-state index in [9.17, 15) is 0 Å². The van der Waals surface area contributed by atoms with Crippen LogP contribution in [-0.2, 0) is 12.8 Å². The van der Waals surface area contributed by atoms with Crippen molar-refractivity contribution in [2.75, 3.05) is 5.32 Å². The average molecular weight is 357 g/mol. The molecule has 0 saturated heterocycles. The van der Waals surface area contributed by atoms with Gasteiger partial charge < -0.3 is 5.32 Å². The quantitative estimate of drug-likeness (QED) is 0.552. The molecule has 27 heavy (non-hydrogen) atoms. The van der Waals surface area contributed by atoms with Crippen molar-refractivity contribution in [3.63, 3.8) is 0 Å². The van der Waals surface area contributed by atoms with Crippen molar-refractivity contribution >= 4 is 22.3 Å². The van der Waals surface area contributed by atoms with Crippen LogP contribution in [0.2, 0.25) is 0 Å².